The van der Waals surface area contributed by atoms with Gasteiger partial charge in [0.15, 0.2) is 11.5 Å². The second kappa shape index (κ2) is 7.74. The average molecular weight is 416 g/mol. The Hall–Kier alpha value is -2.49. The fraction of sp³-hybridized carbons (Fsp3) is 0.400. The summed E-state index contributed by atoms with van der Waals surface area (Å²) in [4.78, 5) is 8.62. The highest BCUT2D eigenvalue weighted by Crippen LogP contribution is 2.29. The van der Waals surface area contributed by atoms with Crippen LogP contribution in [0.15, 0.2) is 41.7 Å². The maximum Gasteiger partial charge on any atom is 0.240 e. The van der Waals surface area contributed by atoms with Gasteiger partial charge in [0.25, 0.3) is 0 Å². The summed E-state index contributed by atoms with van der Waals surface area (Å²) in [5.74, 6) is 0.327. The molecular weight excluding hydrogens is 390 g/mol. The molecule has 1 aliphatic carbocycles. The van der Waals surface area contributed by atoms with Crippen molar-refractivity contribution < 1.29 is 13.2 Å². The van der Waals surface area contributed by atoms with Crippen molar-refractivity contribution in [1.29, 1.82) is 0 Å². The first kappa shape index (κ1) is 19.8. The van der Waals surface area contributed by atoms with Crippen molar-refractivity contribution in [2.45, 2.75) is 49.6 Å². The molecule has 0 unspecified atom stereocenters. The SMILES string of the molecule is COC1CCC(NS(=O)(=O)c2ccc(C)c(-c3cnc4c(N)nccn34)c2)CC1. The van der Waals surface area contributed by atoms with E-state index < -0.39 is 10.0 Å². The molecule has 0 spiro atoms. The third-order valence-corrected chi connectivity index (χ3v) is 7.10. The molecule has 1 aliphatic rings. The van der Waals surface area contributed by atoms with E-state index in [2.05, 4.69) is 14.7 Å². The standard InChI is InChI=1S/C20H25N5O3S/c1-13-3-8-16(29(26,27)24-14-4-6-15(28-2)7-5-14)11-17(13)18-12-23-20-19(21)22-9-10-25(18)20/h3,8-12,14-15,24H,4-7H2,1-2H3,(H2,21,22). The van der Waals surface area contributed by atoms with E-state index in [9.17, 15) is 8.42 Å². The zero-order valence-corrected chi connectivity index (χ0v) is 17.3. The smallest absolute Gasteiger partial charge is 0.240 e. The lowest BCUT2D eigenvalue weighted by Gasteiger charge is -2.28. The predicted molar refractivity (Wildman–Crippen MR) is 111 cm³/mol. The van der Waals surface area contributed by atoms with E-state index in [1.165, 1.54) is 0 Å². The minimum absolute atomic E-state index is 0.0715. The summed E-state index contributed by atoms with van der Waals surface area (Å²) < 4.78 is 36.1. The quantitative estimate of drug-likeness (QED) is 0.662. The maximum absolute atomic E-state index is 13.0. The van der Waals surface area contributed by atoms with E-state index in [0.717, 1.165) is 42.5 Å². The van der Waals surface area contributed by atoms with Crippen molar-refractivity contribution in [2.75, 3.05) is 12.8 Å². The summed E-state index contributed by atoms with van der Waals surface area (Å²) in [6, 6.07) is 5.08. The Labute approximate surface area is 170 Å². The van der Waals surface area contributed by atoms with Crippen LogP contribution in [0.4, 0.5) is 5.82 Å². The molecular formula is C20H25N5O3S. The number of imidazole rings is 1. The van der Waals surface area contributed by atoms with Gasteiger partial charge in [-0.3, -0.25) is 4.40 Å². The normalized spacial score (nSPS) is 20.2. The zero-order chi connectivity index (χ0) is 20.6. The average Bonchev–Trinajstić information content (AvgIpc) is 3.14. The molecule has 1 fully saturated rings. The van der Waals surface area contributed by atoms with Crippen LogP contribution in [-0.4, -0.2) is 42.0 Å². The number of ether oxygens (including phenoxy) is 1. The van der Waals surface area contributed by atoms with Crippen LogP contribution in [0.2, 0.25) is 0 Å². The monoisotopic (exact) mass is 415 g/mol. The topological polar surface area (TPSA) is 112 Å². The molecule has 4 rings (SSSR count). The molecule has 0 atom stereocenters. The van der Waals surface area contributed by atoms with Gasteiger partial charge in [-0.05, 0) is 50.3 Å². The number of aryl methyl sites for hydroxylation is 1. The van der Waals surface area contributed by atoms with E-state index in [1.54, 1.807) is 37.8 Å². The van der Waals surface area contributed by atoms with Crippen LogP contribution in [0.25, 0.3) is 16.9 Å². The molecule has 0 saturated heterocycles. The molecule has 29 heavy (non-hydrogen) atoms. The number of nitrogen functional groups attached to an aromatic ring is 1. The van der Waals surface area contributed by atoms with Gasteiger partial charge in [0.2, 0.25) is 10.0 Å². The highest BCUT2D eigenvalue weighted by atomic mass is 32.2. The predicted octanol–water partition coefficient (Wildman–Crippen LogP) is 2.52. The minimum atomic E-state index is -3.63. The lowest BCUT2D eigenvalue weighted by Crippen LogP contribution is -2.38. The highest BCUT2D eigenvalue weighted by Gasteiger charge is 2.26. The minimum Gasteiger partial charge on any atom is -0.381 e. The van der Waals surface area contributed by atoms with Crippen molar-refractivity contribution in [3.63, 3.8) is 0 Å². The number of benzene rings is 1. The van der Waals surface area contributed by atoms with Crippen LogP contribution < -0.4 is 10.5 Å². The van der Waals surface area contributed by atoms with Crippen LogP contribution in [0.1, 0.15) is 31.2 Å². The number of fused-ring (bicyclic) bond motifs is 1. The number of nitrogens with zero attached hydrogens (tertiary/aromatic N) is 3. The van der Waals surface area contributed by atoms with Gasteiger partial charge in [-0.2, -0.15) is 0 Å². The Morgan fingerprint density at radius 1 is 1.21 bits per heavy atom. The molecule has 3 aromatic rings. The number of nitrogens with two attached hydrogens (primary N) is 1. The second-order valence-corrected chi connectivity index (χ2v) is 9.17. The first-order chi connectivity index (χ1) is 13.9. The molecule has 2 aromatic heterocycles. The molecule has 8 nitrogen and oxygen atoms in total. The molecule has 1 saturated carbocycles. The number of anilines is 1. The summed E-state index contributed by atoms with van der Waals surface area (Å²) in [6.45, 7) is 1.94. The van der Waals surface area contributed by atoms with Crippen molar-refractivity contribution in [2.24, 2.45) is 0 Å². The number of hydrogen-bond donors (Lipinski definition) is 2. The Kier molecular flexibility index (Phi) is 5.28. The van der Waals surface area contributed by atoms with Gasteiger partial charge in [0.05, 0.1) is 22.9 Å². The van der Waals surface area contributed by atoms with Crippen molar-refractivity contribution >= 4 is 21.5 Å². The number of methoxy groups -OCH3 is 1. The number of rotatable bonds is 5. The molecule has 1 aromatic carbocycles. The Balaban J connectivity index is 1.65. The summed E-state index contributed by atoms with van der Waals surface area (Å²) in [5.41, 5.74) is 8.94. The summed E-state index contributed by atoms with van der Waals surface area (Å²) >= 11 is 0. The lowest BCUT2D eigenvalue weighted by molar-refractivity contribution is 0.0649. The van der Waals surface area contributed by atoms with Crippen LogP contribution in [0, 0.1) is 6.92 Å². The summed E-state index contributed by atoms with van der Waals surface area (Å²) in [6.07, 6.45) is 8.54. The van der Waals surface area contributed by atoms with Gasteiger partial charge >= 0.3 is 0 Å². The van der Waals surface area contributed by atoms with E-state index >= 15 is 0 Å². The van der Waals surface area contributed by atoms with Gasteiger partial charge in [-0.1, -0.05) is 6.07 Å². The number of hydrogen-bond acceptors (Lipinski definition) is 6. The molecule has 0 aliphatic heterocycles. The number of nitrogens with one attached hydrogen (secondary N) is 1. The Bertz CT molecular complexity index is 1130. The third kappa shape index (κ3) is 3.85. The first-order valence-corrected chi connectivity index (χ1v) is 11.1. The summed E-state index contributed by atoms with van der Waals surface area (Å²) in [7, 11) is -1.93. The van der Waals surface area contributed by atoms with Gasteiger partial charge < -0.3 is 10.5 Å². The molecule has 0 amide bonds. The van der Waals surface area contributed by atoms with E-state index in [1.807, 2.05) is 17.4 Å². The Morgan fingerprint density at radius 2 is 1.97 bits per heavy atom. The van der Waals surface area contributed by atoms with Gasteiger partial charge in [0.1, 0.15) is 0 Å². The van der Waals surface area contributed by atoms with Crippen LogP contribution in [-0.2, 0) is 14.8 Å². The largest absolute Gasteiger partial charge is 0.381 e. The number of sulfonamides is 1. The Morgan fingerprint density at radius 3 is 2.69 bits per heavy atom. The first-order valence-electron chi connectivity index (χ1n) is 9.62. The second-order valence-electron chi connectivity index (χ2n) is 7.46. The highest BCUT2D eigenvalue weighted by molar-refractivity contribution is 7.89. The third-order valence-electron chi connectivity index (χ3n) is 5.58. The van der Waals surface area contributed by atoms with Gasteiger partial charge in [-0.15, -0.1) is 0 Å². The fourth-order valence-corrected chi connectivity index (χ4v) is 5.22. The molecule has 0 radical (unpaired) electrons. The fourth-order valence-electron chi connectivity index (χ4n) is 3.89. The molecule has 3 N–H and O–H groups in total. The van der Waals surface area contributed by atoms with Crippen LogP contribution in [0.3, 0.4) is 0 Å². The zero-order valence-electron chi connectivity index (χ0n) is 16.5. The van der Waals surface area contributed by atoms with Crippen molar-refractivity contribution in [1.82, 2.24) is 19.1 Å². The maximum atomic E-state index is 13.0. The van der Waals surface area contributed by atoms with Gasteiger partial charge in [0, 0.05) is 31.1 Å². The van der Waals surface area contributed by atoms with E-state index in [4.69, 9.17) is 10.5 Å². The lowest BCUT2D eigenvalue weighted by atomic mass is 9.94. The van der Waals surface area contributed by atoms with Gasteiger partial charge in [-0.25, -0.2) is 23.1 Å². The molecule has 154 valence electrons. The molecule has 9 heteroatoms. The van der Waals surface area contributed by atoms with Crippen LogP contribution >= 0.6 is 0 Å². The van der Waals surface area contributed by atoms with Crippen molar-refractivity contribution in [3.05, 3.63) is 42.4 Å². The molecule has 0 bridgehead atoms. The van der Waals surface area contributed by atoms with E-state index in [0.29, 0.717) is 11.5 Å². The van der Waals surface area contributed by atoms with E-state index in [-0.39, 0.29) is 17.0 Å². The van der Waals surface area contributed by atoms with Crippen molar-refractivity contribution in [3.8, 4) is 11.3 Å². The van der Waals surface area contributed by atoms with Crippen LogP contribution in [0.5, 0.6) is 0 Å². The number of aromatic nitrogens is 3. The summed E-state index contributed by atoms with van der Waals surface area (Å²) in [5, 5.41) is 0. The molecule has 2 heterocycles.